The number of aryl methyl sites for hydroxylation is 1. The lowest BCUT2D eigenvalue weighted by atomic mass is 10.1. The predicted molar refractivity (Wildman–Crippen MR) is 64.8 cm³/mol. The first-order valence-electron chi connectivity index (χ1n) is 5.37. The Hall–Kier alpha value is -0.730. The second kappa shape index (κ2) is 5.99. The molecular weight excluding hydrogens is 210 g/mol. The number of ether oxygens (including phenoxy) is 1. The van der Waals surface area contributed by atoms with Gasteiger partial charge in [-0.2, -0.15) is 0 Å². The quantitative estimate of drug-likeness (QED) is 0.840. The first kappa shape index (κ1) is 12.3. The minimum Gasteiger partial charge on any atom is -0.492 e. The highest BCUT2D eigenvalue weighted by Crippen LogP contribution is 2.31. The third kappa shape index (κ3) is 3.11. The summed E-state index contributed by atoms with van der Waals surface area (Å²) in [5.74, 6) is 0.822. The molecule has 0 unspecified atom stereocenters. The van der Waals surface area contributed by atoms with Gasteiger partial charge in [0.25, 0.3) is 0 Å². The molecule has 0 fully saturated rings. The van der Waals surface area contributed by atoms with E-state index in [1.54, 1.807) is 0 Å². The summed E-state index contributed by atoms with van der Waals surface area (Å²) in [4.78, 5) is 0. The van der Waals surface area contributed by atoms with E-state index in [0.717, 1.165) is 24.2 Å². The van der Waals surface area contributed by atoms with Crippen molar-refractivity contribution in [3.8, 4) is 5.75 Å². The molecule has 0 heterocycles. The van der Waals surface area contributed by atoms with E-state index < -0.39 is 0 Å². The van der Waals surface area contributed by atoms with Crippen LogP contribution in [0, 0.1) is 0 Å². The standard InChI is InChI=1S/C12H18ClNO/c1-3-10-7-9(5-6-14)8-11(13)12(10)15-4-2/h7-8H,3-6,14H2,1-2H3. The largest absolute Gasteiger partial charge is 0.492 e. The van der Waals surface area contributed by atoms with Crippen molar-refractivity contribution in [2.24, 2.45) is 5.73 Å². The molecule has 1 aromatic carbocycles. The number of hydrogen-bond acceptors (Lipinski definition) is 2. The third-order valence-electron chi connectivity index (χ3n) is 2.28. The van der Waals surface area contributed by atoms with Crippen LogP contribution in [0.2, 0.25) is 5.02 Å². The van der Waals surface area contributed by atoms with Gasteiger partial charge < -0.3 is 10.5 Å². The van der Waals surface area contributed by atoms with Crippen LogP contribution >= 0.6 is 11.6 Å². The summed E-state index contributed by atoms with van der Waals surface area (Å²) in [6.45, 7) is 5.35. The Balaban J connectivity index is 3.06. The van der Waals surface area contributed by atoms with E-state index in [-0.39, 0.29) is 0 Å². The van der Waals surface area contributed by atoms with Gasteiger partial charge in [0, 0.05) is 0 Å². The minimum absolute atomic E-state index is 0.642. The second-order valence-corrected chi connectivity index (χ2v) is 3.80. The van der Waals surface area contributed by atoms with Crippen molar-refractivity contribution in [2.75, 3.05) is 13.2 Å². The lowest BCUT2D eigenvalue weighted by Crippen LogP contribution is -2.04. The normalized spacial score (nSPS) is 10.4. The molecule has 1 rings (SSSR count). The molecule has 0 aliphatic rings. The number of halogens is 1. The van der Waals surface area contributed by atoms with E-state index in [1.165, 1.54) is 5.56 Å². The smallest absolute Gasteiger partial charge is 0.141 e. The summed E-state index contributed by atoms with van der Waals surface area (Å²) in [5.41, 5.74) is 7.87. The maximum Gasteiger partial charge on any atom is 0.141 e. The summed E-state index contributed by atoms with van der Waals surface area (Å²) in [6, 6.07) is 4.07. The van der Waals surface area contributed by atoms with E-state index in [1.807, 2.05) is 13.0 Å². The van der Waals surface area contributed by atoms with E-state index >= 15 is 0 Å². The van der Waals surface area contributed by atoms with Gasteiger partial charge in [-0.05, 0) is 43.5 Å². The van der Waals surface area contributed by atoms with Crippen LogP contribution in [0.1, 0.15) is 25.0 Å². The Morgan fingerprint density at radius 1 is 1.33 bits per heavy atom. The van der Waals surface area contributed by atoms with E-state index in [2.05, 4.69) is 13.0 Å². The Morgan fingerprint density at radius 2 is 2.07 bits per heavy atom. The van der Waals surface area contributed by atoms with E-state index in [0.29, 0.717) is 18.2 Å². The zero-order valence-corrected chi connectivity index (χ0v) is 10.1. The lowest BCUT2D eigenvalue weighted by Gasteiger charge is -2.12. The van der Waals surface area contributed by atoms with Crippen LogP contribution < -0.4 is 10.5 Å². The molecule has 0 radical (unpaired) electrons. The first-order chi connectivity index (χ1) is 7.22. The molecule has 0 amide bonds. The number of hydrogen-bond donors (Lipinski definition) is 1. The van der Waals surface area contributed by atoms with Crippen molar-refractivity contribution < 1.29 is 4.74 Å². The molecule has 84 valence electrons. The Bertz CT molecular complexity index is 326. The Labute approximate surface area is 96.4 Å². The molecule has 3 heteroatoms. The van der Waals surface area contributed by atoms with E-state index in [9.17, 15) is 0 Å². The molecule has 2 N–H and O–H groups in total. The van der Waals surface area contributed by atoms with Crippen LogP contribution in [0.15, 0.2) is 12.1 Å². The molecule has 0 aromatic heterocycles. The Morgan fingerprint density at radius 3 is 2.60 bits per heavy atom. The number of rotatable bonds is 5. The first-order valence-corrected chi connectivity index (χ1v) is 5.74. The fourth-order valence-corrected chi connectivity index (χ4v) is 1.91. The fraction of sp³-hybridized carbons (Fsp3) is 0.500. The molecule has 1 aromatic rings. The highest BCUT2D eigenvalue weighted by Gasteiger charge is 2.09. The van der Waals surface area contributed by atoms with Gasteiger partial charge in [0.2, 0.25) is 0 Å². The van der Waals surface area contributed by atoms with Gasteiger partial charge in [-0.1, -0.05) is 24.6 Å². The molecular formula is C12H18ClNO. The van der Waals surface area contributed by atoms with Gasteiger partial charge in [-0.15, -0.1) is 0 Å². The van der Waals surface area contributed by atoms with Gasteiger partial charge in [0.05, 0.1) is 11.6 Å². The van der Waals surface area contributed by atoms with Crippen molar-refractivity contribution in [3.05, 3.63) is 28.3 Å². The topological polar surface area (TPSA) is 35.2 Å². The molecule has 0 saturated heterocycles. The summed E-state index contributed by atoms with van der Waals surface area (Å²) >= 11 is 6.16. The summed E-state index contributed by atoms with van der Waals surface area (Å²) in [5, 5.41) is 0.694. The SMILES string of the molecule is CCOc1c(Cl)cc(CCN)cc1CC. The molecule has 0 aliphatic carbocycles. The van der Waals surface area contributed by atoms with Crippen molar-refractivity contribution in [3.63, 3.8) is 0 Å². The van der Waals surface area contributed by atoms with Crippen LogP contribution in [0.4, 0.5) is 0 Å². The predicted octanol–water partition coefficient (Wildman–Crippen LogP) is 2.80. The summed E-state index contributed by atoms with van der Waals surface area (Å²) in [6.07, 6.45) is 1.78. The molecule has 0 aliphatic heterocycles. The highest BCUT2D eigenvalue weighted by atomic mass is 35.5. The van der Waals surface area contributed by atoms with Crippen LogP contribution in [0.3, 0.4) is 0 Å². The monoisotopic (exact) mass is 227 g/mol. The van der Waals surface area contributed by atoms with Crippen molar-refractivity contribution >= 4 is 11.6 Å². The van der Waals surface area contributed by atoms with E-state index in [4.69, 9.17) is 22.1 Å². The van der Waals surface area contributed by atoms with Gasteiger partial charge in [-0.25, -0.2) is 0 Å². The van der Waals surface area contributed by atoms with Crippen LogP contribution in [0.5, 0.6) is 5.75 Å². The molecule has 0 atom stereocenters. The lowest BCUT2D eigenvalue weighted by molar-refractivity contribution is 0.337. The van der Waals surface area contributed by atoms with Crippen LogP contribution in [-0.4, -0.2) is 13.2 Å². The van der Waals surface area contributed by atoms with Gasteiger partial charge >= 0.3 is 0 Å². The Kier molecular flexibility index (Phi) is 4.92. The summed E-state index contributed by atoms with van der Waals surface area (Å²) in [7, 11) is 0. The zero-order valence-electron chi connectivity index (χ0n) is 9.35. The average molecular weight is 228 g/mol. The van der Waals surface area contributed by atoms with Crippen LogP contribution in [-0.2, 0) is 12.8 Å². The maximum atomic E-state index is 6.16. The molecule has 0 spiro atoms. The van der Waals surface area contributed by atoms with Gasteiger partial charge in [0.1, 0.15) is 5.75 Å². The third-order valence-corrected chi connectivity index (χ3v) is 2.56. The number of benzene rings is 1. The molecule has 0 saturated carbocycles. The van der Waals surface area contributed by atoms with Crippen molar-refractivity contribution in [1.82, 2.24) is 0 Å². The molecule has 0 bridgehead atoms. The minimum atomic E-state index is 0.642. The van der Waals surface area contributed by atoms with Crippen molar-refractivity contribution in [1.29, 1.82) is 0 Å². The molecule has 15 heavy (non-hydrogen) atoms. The van der Waals surface area contributed by atoms with Gasteiger partial charge in [0.15, 0.2) is 0 Å². The number of nitrogens with two attached hydrogens (primary N) is 1. The summed E-state index contributed by atoms with van der Waals surface area (Å²) < 4.78 is 5.53. The van der Waals surface area contributed by atoms with Crippen LogP contribution in [0.25, 0.3) is 0 Å². The molecule has 2 nitrogen and oxygen atoms in total. The highest BCUT2D eigenvalue weighted by molar-refractivity contribution is 6.32. The fourth-order valence-electron chi connectivity index (χ4n) is 1.59. The average Bonchev–Trinajstić information content (AvgIpc) is 2.22. The zero-order chi connectivity index (χ0) is 11.3. The van der Waals surface area contributed by atoms with Gasteiger partial charge in [-0.3, -0.25) is 0 Å². The van der Waals surface area contributed by atoms with Crippen molar-refractivity contribution in [2.45, 2.75) is 26.7 Å². The second-order valence-electron chi connectivity index (χ2n) is 3.39. The maximum absolute atomic E-state index is 6.16.